The van der Waals surface area contributed by atoms with Crippen LogP contribution in [0.5, 0.6) is 0 Å². The van der Waals surface area contributed by atoms with E-state index in [9.17, 15) is 0 Å². The number of nitrogens with one attached hydrogen (secondary N) is 1. The van der Waals surface area contributed by atoms with Crippen LogP contribution in [0, 0.1) is 0 Å². The fourth-order valence-electron chi connectivity index (χ4n) is 2.65. The Labute approximate surface area is 129 Å². The van der Waals surface area contributed by atoms with Crippen molar-refractivity contribution in [2.24, 2.45) is 0 Å². The lowest BCUT2D eigenvalue weighted by Gasteiger charge is -2.22. The summed E-state index contributed by atoms with van der Waals surface area (Å²) >= 11 is 7.79. The summed E-state index contributed by atoms with van der Waals surface area (Å²) in [7, 11) is 0. The van der Waals surface area contributed by atoms with Gasteiger partial charge in [-0.1, -0.05) is 30.7 Å². The second-order valence-corrected chi connectivity index (χ2v) is 6.75. The van der Waals surface area contributed by atoms with Crippen molar-refractivity contribution in [3.63, 3.8) is 0 Å². The fraction of sp³-hybridized carbons (Fsp3) is 0.438. The number of benzene rings is 1. The Morgan fingerprint density at radius 3 is 2.90 bits per heavy atom. The first kappa shape index (κ1) is 14.1. The largest absolute Gasteiger partial charge is 0.309 e. The second-order valence-electron chi connectivity index (χ2n) is 5.23. The van der Waals surface area contributed by atoms with Crippen LogP contribution in [0.25, 0.3) is 10.6 Å². The summed E-state index contributed by atoms with van der Waals surface area (Å²) in [5, 5.41) is 5.52. The lowest BCUT2D eigenvalue weighted by Crippen LogP contribution is -2.25. The van der Waals surface area contributed by atoms with E-state index in [0.717, 1.165) is 16.6 Å². The third-order valence-electron chi connectivity index (χ3n) is 3.69. The second kappa shape index (κ2) is 6.25. The first-order valence-electron chi connectivity index (χ1n) is 7.27. The minimum absolute atomic E-state index is 0.441. The Kier molecular flexibility index (Phi) is 4.39. The van der Waals surface area contributed by atoms with Gasteiger partial charge in [0.2, 0.25) is 0 Å². The summed E-state index contributed by atoms with van der Waals surface area (Å²) in [5.41, 5.74) is 2.45. The average Bonchev–Trinajstić information content (AvgIpc) is 2.90. The molecule has 0 saturated carbocycles. The number of rotatable bonds is 4. The number of hydrogen-bond donors (Lipinski definition) is 1. The van der Waals surface area contributed by atoms with Crippen molar-refractivity contribution in [3.05, 3.63) is 39.9 Å². The molecular formula is C16H19ClN2S. The van der Waals surface area contributed by atoms with Gasteiger partial charge in [-0.25, -0.2) is 4.98 Å². The van der Waals surface area contributed by atoms with E-state index in [4.69, 9.17) is 16.6 Å². The highest BCUT2D eigenvalue weighted by atomic mass is 35.5. The quantitative estimate of drug-likeness (QED) is 0.874. The zero-order chi connectivity index (χ0) is 13.9. The SMILES string of the molecule is CCCNC1CCCc2sc(-c3ccc(Cl)cc3)nc21. The molecule has 2 aromatic rings. The van der Waals surface area contributed by atoms with Crippen LogP contribution < -0.4 is 5.32 Å². The molecule has 3 rings (SSSR count). The Morgan fingerprint density at radius 1 is 1.35 bits per heavy atom. The first-order chi connectivity index (χ1) is 9.78. The maximum absolute atomic E-state index is 5.95. The van der Waals surface area contributed by atoms with Gasteiger partial charge in [-0.05, 0) is 44.4 Å². The van der Waals surface area contributed by atoms with Crippen LogP contribution in [0.4, 0.5) is 0 Å². The number of hydrogen-bond acceptors (Lipinski definition) is 3. The van der Waals surface area contributed by atoms with Gasteiger partial charge in [0.25, 0.3) is 0 Å². The van der Waals surface area contributed by atoms with Gasteiger partial charge in [0, 0.05) is 15.5 Å². The van der Waals surface area contributed by atoms with Gasteiger partial charge in [0.15, 0.2) is 0 Å². The van der Waals surface area contributed by atoms with E-state index in [-0.39, 0.29) is 0 Å². The maximum Gasteiger partial charge on any atom is 0.123 e. The molecule has 4 heteroatoms. The molecule has 0 fully saturated rings. The first-order valence-corrected chi connectivity index (χ1v) is 8.46. The summed E-state index contributed by atoms with van der Waals surface area (Å²) in [6.45, 7) is 3.27. The van der Waals surface area contributed by atoms with Crippen molar-refractivity contribution < 1.29 is 0 Å². The molecule has 0 bridgehead atoms. The summed E-state index contributed by atoms with van der Waals surface area (Å²) in [4.78, 5) is 6.35. The van der Waals surface area contributed by atoms with Crippen LogP contribution in [-0.2, 0) is 6.42 Å². The predicted molar refractivity (Wildman–Crippen MR) is 86.5 cm³/mol. The molecule has 0 amide bonds. The smallest absolute Gasteiger partial charge is 0.123 e. The van der Waals surface area contributed by atoms with E-state index in [1.165, 1.54) is 41.8 Å². The molecule has 1 aromatic carbocycles. The molecule has 0 saturated heterocycles. The van der Waals surface area contributed by atoms with Crippen molar-refractivity contribution in [1.82, 2.24) is 10.3 Å². The van der Waals surface area contributed by atoms with Crippen LogP contribution in [-0.4, -0.2) is 11.5 Å². The Bertz CT molecular complexity index is 577. The highest BCUT2D eigenvalue weighted by Crippen LogP contribution is 2.37. The normalized spacial score (nSPS) is 18.0. The molecule has 20 heavy (non-hydrogen) atoms. The number of halogens is 1. The Hall–Kier alpha value is -0.900. The van der Waals surface area contributed by atoms with Crippen molar-refractivity contribution in [1.29, 1.82) is 0 Å². The van der Waals surface area contributed by atoms with Crippen molar-refractivity contribution in [2.45, 2.75) is 38.6 Å². The molecule has 0 spiro atoms. The molecule has 1 aliphatic carbocycles. The number of aromatic nitrogens is 1. The minimum Gasteiger partial charge on any atom is -0.309 e. The van der Waals surface area contributed by atoms with E-state index < -0.39 is 0 Å². The van der Waals surface area contributed by atoms with E-state index in [1.807, 2.05) is 23.5 Å². The molecule has 0 radical (unpaired) electrons. The lowest BCUT2D eigenvalue weighted by atomic mass is 9.97. The van der Waals surface area contributed by atoms with E-state index in [0.29, 0.717) is 6.04 Å². The third-order valence-corrected chi connectivity index (χ3v) is 5.12. The van der Waals surface area contributed by atoms with Crippen LogP contribution in [0.1, 0.15) is 42.8 Å². The summed E-state index contributed by atoms with van der Waals surface area (Å²) < 4.78 is 0. The molecule has 0 aliphatic heterocycles. The molecule has 1 unspecified atom stereocenters. The zero-order valence-corrected chi connectivity index (χ0v) is 13.2. The van der Waals surface area contributed by atoms with Gasteiger partial charge in [-0.3, -0.25) is 0 Å². The molecule has 1 aromatic heterocycles. The van der Waals surface area contributed by atoms with Gasteiger partial charge in [-0.15, -0.1) is 11.3 Å². The maximum atomic E-state index is 5.95. The van der Waals surface area contributed by atoms with Crippen LogP contribution in [0.3, 0.4) is 0 Å². The van der Waals surface area contributed by atoms with Crippen LogP contribution in [0.2, 0.25) is 5.02 Å². The zero-order valence-electron chi connectivity index (χ0n) is 11.7. The topological polar surface area (TPSA) is 24.9 Å². The summed E-state index contributed by atoms with van der Waals surface area (Å²) in [5.74, 6) is 0. The van der Waals surface area contributed by atoms with Crippen molar-refractivity contribution >= 4 is 22.9 Å². The number of thiazole rings is 1. The van der Waals surface area contributed by atoms with Crippen LogP contribution in [0.15, 0.2) is 24.3 Å². The molecule has 2 nitrogen and oxygen atoms in total. The molecular weight excluding hydrogens is 288 g/mol. The Balaban J connectivity index is 1.88. The molecule has 1 atom stereocenters. The molecule has 1 N–H and O–H groups in total. The summed E-state index contributed by atoms with van der Waals surface area (Å²) in [6.07, 6.45) is 4.80. The predicted octanol–water partition coefficient (Wildman–Crippen LogP) is 4.84. The fourth-order valence-corrected chi connectivity index (χ4v) is 3.95. The van der Waals surface area contributed by atoms with E-state index in [1.54, 1.807) is 0 Å². The number of nitrogens with zero attached hydrogens (tertiary/aromatic N) is 1. The van der Waals surface area contributed by atoms with Gasteiger partial charge in [0.05, 0.1) is 11.7 Å². The van der Waals surface area contributed by atoms with Gasteiger partial charge in [-0.2, -0.15) is 0 Å². The molecule has 106 valence electrons. The highest BCUT2D eigenvalue weighted by molar-refractivity contribution is 7.15. The van der Waals surface area contributed by atoms with Crippen molar-refractivity contribution in [3.8, 4) is 10.6 Å². The Morgan fingerprint density at radius 2 is 2.15 bits per heavy atom. The number of fused-ring (bicyclic) bond motifs is 1. The number of aryl methyl sites for hydroxylation is 1. The standard InChI is InChI=1S/C16H19ClN2S/c1-2-10-18-13-4-3-5-14-15(13)19-16(20-14)11-6-8-12(17)9-7-11/h6-9,13,18H,2-5,10H2,1H3. The monoisotopic (exact) mass is 306 g/mol. The highest BCUT2D eigenvalue weighted by Gasteiger charge is 2.24. The van der Waals surface area contributed by atoms with Gasteiger partial charge < -0.3 is 5.32 Å². The molecule has 1 aliphatic rings. The van der Waals surface area contributed by atoms with E-state index >= 15 is 0 Å². The third kappa shape index (κ3) is 2.90. The summed E-state index contributed by atoms with van der Waals surface area (Å²) in [6, 6.07) is 8.42. The van der Waals surface area contributed by atoms with Crippen molar-refractivity contribution in [2.75, 3.05) is 6.54 Å². The lowest BCUT2D eigenvalue weighted by molar-refractivity contribution is 0.454. The molecule has 1 heterocycles. The van der Waals surface area contributed by atoms with Gasteiger partial charge in [0.1, 0.15) is 5.01 Å². The van der Waals surface area contributed by atoms with Crippen LogP contribution >= 0.6 is 22.9 Å². The minimum atomic E-state index is 0.441. The average molecular weight is 307 g/mol. The van der Waals surface area contributed by atoms with Gasteiger partial charge >= 0.3 is 0 Å². The van der Waals surface area contributed by atoms with E-state index in [2.05, 4.69) is 24.4 Å².